The number of halogens is 2. The molecule has 1 unspecified atom stereocenters. The Balaban J connectivity index is 1.57. The molecule has 0 aliphatic carbocycles. The van der Waals surface area contributed by atoms with E-state index in [0.29, 0.717) is 41.5 Å². The summed E-state index contributed by atoms with van der Waals surface area (Å²) in [5.41, 5.74) is 2.69. The van der Waals surface area contributed by atoms with Crippen LogP contribution in [0, 0.1) is 5.82 Å². The first-order chi connectivity index (χ1) is 15.4. The van der Waals surface area contributed by atoms with Gasteiger partial charge in [0.2, 0.25) is 0 Å². The summed E-state index contributed by atoms with van der Waals surface area (Å²) in [6.45, 7) is 2.54. The van der Waals surface area contributed by atoms with Crippen molar-refractivity contribution in [3.05, 3.63) is 94.3 Å². The van der Waals surface area contributed by atoms with Gasteiger partial charge in [0.15, 0.2) is 6.10 Å². The van der Waals surface area contributed by atoms with E-state index in [1.807, 2.05) is 13.0 Å². The summed E-state index contributed by atoms with van der Waals surface area (Å²) in [5, 5.41) is 3.43. The van der Waals surface area contributed by atoms with E-state index in [2.05, 4.69) is 5.32 Å². The van der Waals surface area contributed by atoms with Gasteiger partial charge in [-0.15, -0.1) is 0 Å². The second-order valence-corrected chi connectivity index (χ2v) is 8.06. The molecular formula is C25H22ClFN2O3. The van der Waals surface area contributed by atoms with E-state index in [1.54, 1.807) is 53.4 Å². The van der Waals surface area contributed by atoms with Crippen LogP contribution >= 0.6 is 11.6 Å². The van der Waals surface area contributed by atoms with E-state index in [-0.39, 0.29) is 17.6 Å². The Labute approximate surface area is 190 Å². The van der Waals surface area contributed by atoms with Crippen molar-refractivity contribution in [1.82, 2.24) is 4.90 Å². The van der Waals surface area contributed by atoms with Gasteiger partial charge in [-0.25, -0.2) is 4.39 Å². The number of fused-ring (bicyclic) bond motifs is 1. The number of carbonyl (C=O) groups excluding carboxylic acids is 2. The second kappa shape index (κ2) is 9.40. The second-order valence-electron chi connectivity index (χ2n) is 7.62. The van der Waals surface area contributed by atoms with Crippen molar-refractivity contribution >= 4 is 29.1 Å². The summed E-state index contributed by atoms with van der Waals surface area (Å²) in [6, 6.07) is 18.0. The Morgan fingerprint density at radius 1 is 1.12 bits per heavy atom. The maximum Gasteiger partial charge on any atom is 0.264 e. The number of hydrogen-bond acceptors (Lipinski definition) is 3. The fourth-order valence-electron chi connectivity index (χ4n) is 3.59. The van der Waals surface area contributed by atoms with Gasteiger partial charge in [-0.3, -0.25) is 9.59 Å². The summed E-state index contributed by atoms with van der Waals surface area (Å²) in [7, 11) is 0. The number of nitrogens with zero attached hydrogens (tertiary/aromatic N) is 1. The van der Waals surface area contributed by atoms with Crippen LogP contribution in [0.4, 0.5) is 10.1 Å². The van der Waals surface area contributed by atoms with E-state index >= 15 is 0 Å². The molecule has 0 radical (unpaired) electrons. The molecule has 0 saturated heterocycles. The minimum atomic E-state index is -0.605. The van der Waals surface area contributed by atoms with Crippen LogP contribution in [0.3, 0.4) is 0 Å². The van der Waals surface area contributed by atoms with Crippen LogP contribution in [0.25, 0.3) is 0 Å². The molecule has 164 valence electrons. The molecule has 0 bridgehead atoms. The van der Waals surface area contributed by atoms with Crippen LogP contribution in [0.1, 0.15) is 34.8 Å². The predicted octanol–water partition coefficient (Wildman–Crippen LogP) is 5.43. The summed E-state index contributed by atoms with van der Waals surface area (Å²) in [4.78, 5) is 27.3. The van der Waals surface area contributed by atoms with Gasteiger partial charge in [-0.05, 0) is 66.6 Å². The zero-order chi connectivity index (χ0) is 22.7. The van der Waals surface area contributed by atoms with Gasteiger partial charge in [-0.1, -0.05) is 30.7 Å². The quantitative estimate of drug-likeness (QED) is 0.561. The van der Waals surface area contributed by atoms with Crippen molar-refractivity contribution in [3.63, 3.8) is 0 Å². The number of rotatable bonds is 5. The Bertz CT molecular complexity index is 1130. The van der Waals surface area contributed by atoms with E-state index in [1.165, 1.54) is 12.1 Å². The number of nitrogens with one attached hydrogen (secondary N) is 1. The number of carbonyl (C=O) groups is 2. The van der Waals surface area contributed by atoms with E-state index < -0.39 is 6.10 Å². The van der Waals surface area contributed by atoms with E-state index in [9.17, 15) is 14.0 Å². The van der Waals surface area contributed by atoms with Crippen molar-refractivity contribution in [2.75, 3.05) is 5.32 Å². The first-order valence-electron chi connectivity index (χ1n) is 10.3. The van der Waals surface area contributed by atoms with E-state index in [4.69, 9.17) is 16.3 Å². The molecule has 32 heavy (non-hydrogen) atoms. The fourth-order valence-corrected chi connectivity index (χ4v) is 3.72. The fraction of sp³-hybridized carbons (Fsp3) is 0.200. The topological polar surface area (TPSA) is 58.6 Å². The predicted molar refractivity (Wildman–Crippen MR) is 121 cm³/mol. The third kappa shape index (κ3) is 4.92. The molecule has 0 saturated carbocycles. The van der Waals surface area contributed by atoms with Crippen LogP contribution in [0.5, 0.6) is 5.75 Å². The number of benzene rings is 3. The van der Waals surface area contributed by atoms with Gasteiger partial charge >= 0.3 is 0 Å². The molecule has 1 N–H and O–H groups in total. The summed E-state index contributed by atoms with van der Waals surface area (Å²) < 4.78 is 19.3. The first kappa shape index (κ1) is 21.8. The van der Waals surface area contributed by atoms with Crippen molar-refractivity contribution < 1.29 is 18.7 Å². The highest BCUT2D eigenvalue weighted by Crippen LogP contribution is 2.30. The lowest BCUT2D eigenvalue weighted by atomic mass is 10.1. The molecule has 1 aliphatic heterocycles. The lowest BCUT2D eigenvalue weighted by Crippen LogP contribution is -2.38. The number of ether oxygens (including phenoxy) is 1. The maximum absolute atomic E-state index is 13.3. The third-order valence-corrected chi connectivity index (χ3v) is 5.55. The zero-order valence-electron chi connectivity index (χ0n) is 17.5. The van der Waals surface area contributed by atoms with Gasteiger partial charge in [0.25, 0.3) is 11.8 Å². The molecule has 0 fully saturated rings. The number of anilines is 1. The Hall–Kier alpha value is -3.38. The molecule has 7 heteroatoms. The lowest BCUT2D eigenvalue weighted by molar-refractivity contribution is -0.139. The standard InChI is InChI=1S/C25H22ClFN2O3/c1-2-22-25(31)29(14-16-3-9-20(27)10-4-16)15-18-13-21(11-12-23(18)32-22)28-24(30)17-5-7-19(26)8-6-17/h3-13,22H,2,14-15H2,1H3,(H,28,30). The van der Waals surface area contributed by atoms with Gasteiger partial charge in [0, 0.05) is 34.9 Å². The highest BCUT2D eigenvalue weighted by molar-refractivity contribution is 6.30. The lowest BCUT2D eigenvalue weighted by Gasteiger charge is -2.23. The summed E-state index contributed by atoms with van der Waals surface area (Å²) in [5.74, 6) is -0.102. The van der Waals surface area contributed by atoms with Crippen molar-refractivity contribution in [1.29, 1.82) is 0 Å². The molecule has 1 atom stereocenters. The molecule has 3 aromatic rings. The van der Waals surface area contributed by atoms with Crippen molar-refractivity contribution in [2.24, 2.45) is 0 Å². The third-order valence-electron chi connectivity index (χ3n) is 5.30. The van der Waals surface area contributed by atoms with Gasteiger partial charge in [0.1, 0.15) is 11.6 Å². The monoisotopic (exact) mass is 452 g/mol. The van der Waals surface area contributed by atoms with Crippen LogP contribution in [0.15, 0.2) is 66.7 Å². The molecule has 0 aromatic heterocycles. The smallest absolute Gasteiger partial charge is 0.264 e. The summed E-state index contributed by atoms with van der Waals surface area (Å²) >= 11 is 5.89. The average Bonchev–Trinajstić information content (AvgIpc) is 2.92. The minimum absolute atomic E-state index is 0.125. The van der Waals surface area contributed by atoms with Gasteiger partial charge < -0.3 is 15.0 Å². The van der Waals surface area contributed by atoms with Crippen molar-refractivity contribution in [2.45, 2.75) is 32.5 Å². The average molecular weight is 453 g/mol. The SMILES string of the molecule is CCC1Oc2ccc(NC(=O)c3ccc(Cl)cc3)cc2CN(Cc2ccc(F)cc2)C1=O. The molecular weight excluding hydrogens is 431 g/mol. The van der Waals surface area contributed by atoms with Crippen molar-refractivity contribution in [3.8, 4) is 5.75 Å². The van der Waals surface area contributed by atoms with Crippen LogP contribution in [-0.4, -0.2) is 22.8 Å². The Morgan fingerprint density at radius 2 is 1.84 bits per heavy atom. The first-order valence-corrected chi connectivity index (χ1v) is 10.7. The van der Waals surface area contributed by atoms with Crippen LogP contribution in [0.2, 0.25) is 5.02 Å². The van der Waals surface area contributed by atoms with Gasteiger partial charge in [0.05, 0.1) is 0 Å². The molecule has 0 spiro atoms. The molecule has 5 nitrogen and oxygen atoms in total. The largest absolute Gasteiger partial charge is 0.480 e. The highest BCUT2D eigenvalue weighted by atomic mass is 35.5. The van der Waals surface area contributed by atoms with Crippen LogP contribution in [-0.2, 0) is 17.9 Å². The number of amides is 2. The Morgan fingerprint density at radius 3 is 2.53 bits per heavy atom. The molecule has 1 aliphatic rings. The van der Waals surface area contributed by atoms with Gasteiger partial charge in [-0.2, -0.15) is 0 Å². The van der Waals surface area contributed by atoms with E-state index in [0.717, 1.165) is 11.1 Å². The number of hydrogen-bond donors (Lipinski definition) is 1. The molecule has 1 heterocycles. The molecule has 3 aromatic carbocycles. The summed E-state index contributed by atoms with van der Waals surface area (Å²) in [6.07, 6.45) is -0.0843. The normalized spacial score (nSPS) is 15.5. The maximum atomic E-state index is 13.3. The minimum Gasteiger partial charge on any atom is -0.480 e. The Kier molecular flexibility index (Phi) is 6.42. The van der Waals surface area contributed by atoms with Crippen LogP contribution < -0.4 is 10.1 Å². The zero-order valence-corrected chi connectivity index (χ0v) is 18.2. The molecule has 4 rings (SSSR count). The highest BCUT2D eigenvalue weighted by Gasteiger charge is 2.30. The molecule has 2 amide bonds.